The Kier molecular flexibility index (Phi) is 5.86. The molecule has 1 N–H and O–H groups in total. The zero-order valence-electron chi connectivity index (χ0n) is 14.3. The van der Waals surface area contributed by atoms with Crippen LogP contribution in [0.3, 0.4) is 0 Å². The monoisotopic (exact) mass is 355 g/mol. The maximum Gasteiger partial charge on any atom is 0.305 e. The van der Waals surface area contributed by atoms with Crippen molar-refractivity contribution in [1.82, 2.24) is 4.90 Å². The van der Waals surface area contributed by atoms with Crippen molar-refractivity contribution in [3.8, 4) is 5.75 Å². The number of carbonyl (C=O) groups is 2. The molecule has 6 nitrogen and oxygen atoms in total. The lowest BCUT2D eigenvalue weighted by Gasteiger charge is -2.34. The maximum atomic E-state index is 12.7. The SMILES string of the molecule is O=C(O)CC1COCCN1C(=O)c1ccc(OCc2ccccc2)cc1. The highest BCUT2D eigenvalue weighted by Gasteiger charge is 2.29. The number of carbonyl (C=O) groups excluding carboxylic acids is 1. The van der Waals surface area contributed by atoms with Crippen LogP contribution in [-0.2, 0) is 16.1 Å². The number of benzene rings is 2. The average molecular weight is 355 g/mol. The van der Waals surface area contributed by atoms with Gasteiger partial charge in [0.05, 0.1) is 25.7 Å². The first-order valence-electron chi connectivity index (χ1n) is 8.51. The van der Waals surface area contributed by atoms with Crippen molar-refractivity contribution in [2.24, 2.45) is 0 Å². The molecule has 3 rings (SSSR count). The molecular weight excluding hydrogens is 334 g/mol. The molecule has 0 saturated carbocycles. The van der Waals surface area contributed by atoms with Crippen LogP contribution in [0, 0.1) is 0 Å². The molecule has 0 spiro atoms. The molecule has 0 radical (unpaired) electrons. The van der Waals surface area contributed by atoms with Crippen molar-refractivity contribution >= 4 is 11.9 Å². The summed E-state index contributed by atoms with van der Waals surface area (Å²) in [6, 6.07) is 16.3. The number of amides is 1. The molecule has 1 heterocycles. The second kappa shape index (κ2) is 8.49. The molecule has 0 aliphatic carbocycles. The highest BCUT2D eigenvalue weighted by atomic mass is 16.5. The van der Waals surface area contributed by atoms with Gasteiger partial charge in [-0.3, -0.25) is 9.59 Å². The quantitative estimate of drug-likeness (QED) is 0.862. The lowest BCUT2D eigenvalue weighted by atomic mass is 10.1. The number of rotatable bonds is 6. The Bertz CT molecular complexity index is 745. The summed E-state index contributed by atoms with van der Waals surface area (Å²) < 4.78 is 11.0. The number of nitrogens with zero attached hydrogens (tertiary/aromatic N) is 1. The van der Waals surface area contributed by atoms with Crippen LogP contribution < -0.4 is 4.74 Å². The Morgan fingerprint density at radius 2 is 1.85 bits per heavy atom. The maximum absolute atomic E-state index is 12.7. The molecule has 1 amide bonds. The van der Waals surface area contributed by atoms with E-state index in [1.165, 1.54) is 0 Å². The molecule has 2 aromatic rings. The number of aliphatic carboxylic acids is 1. The second-order valence-corrected chi connectivity index (χ2v) is 6.12. The molecule has 0 aromatic heterocycles. The van der Waals surface area contributed by atoms with Crippen molar-refractivity contribution in [3.05, 3.63) is 65.7 Å². The van der Waals surface area contributed by atoms with Crippen LogP contribution in [0.1, 0.15) is 22.3 Å². The Morgan fingerprint density at radius 1 is 1.12 bits per heavy atom. The van der Waals surface area contributed by atoms with E-state index in [0.29, 0.717) is 31.1 Å². The van der Waals surface area contributed by atoms with Crippen LogP contribution in [0.4, 0.5) is 0 Å². The number of carboxylic acid groups (broad SMARTS) is 1. The van der Waals surface area contributed by atoms with Crippen molar-refractivity contribution in [2.45, 2.75) is 19.1 Å². The van der Waals surface area contributed by atoms with E-state index in [-0.39, 0.29) is 18.9 Å². The van der Waals surface area contributed by atoms with E-state index >= 15 is 0 Å². The predicted molar refractivity (Wildman–Crippen MR) is 95.1 cm³/mol. The highest BCUT2D eigenvalue weighted by Crippen LogP contribution is 2.19. The molecule has 1 saturated heterocycles. The minimum atomic E-state index is -0.942. The number of morpholine rings is 1. The minimum Gasteiger partial charge on any atom is -0.489 e. The van der Waals surface area contributed by atoms with Gasteiger partial charge in [-0.05, 0) is 29.8 Å². The molecular formula is C20H21NO5. The molecule has 1 aliphatic rings. The van der Waals surface area contributed by atoms with Crippen molar-refractivity contribution in [2.75, 3.05) is 19.8 Å². The Hall–Kier alpha value is -2.86. The van der Waals surface area contributed by atoms with Gasteiger partial charge < -0.3 is 19.5 Å². The van der Waals surface area contributed by atoms with Gasteiger partial charge in [0.2, 0.25) is 0 Å². The molecule has 136 valence electrons. The molecule has 2 aromatic carbocycles. The predicted octanol–water partition coefficient (Wildman–Crippen LogP) is 2.58. The molecule has 0 bridgehead atoms. The van der Waals surface area contributed by atoms with Crippen LogP contribution in [-0.4, -0.2) is 47.7 Å². The first-order valence-corrected chi connectivity index (χ1v) is 8.51. The zero-order valence-corrected chi connectivity index (χ0v) is 14.3. The summed E-state index contributed by atoms with van der Waals surface area (Å²) in [5, 5.41) is 9.02. The highest BCUT2D eigenvalue weighted by molar-refractivity contribution is 5.94. The van der Waals surface area contributed by atoms with Crippen LogP contribution in [0.25, 0.3) is 0 Å². The normalized spacial score (nSPS) is 16.9. The summed E-state index contributed by atoms with van der Waals surface area (Å²) in [6.45, 7) is 1.51. The third-order valence-corrected chi connectivity index (χ3v) is 4.25. The average Bonchev–Trinajstić information content (AvgIpc) is 2.67. The Balaban J connectivity index is 1.63. The first kappa shape index (κ1) is 17.9. The van der Waals surface area contributed by atoms with E-state index in [0.717, 1.165) is 5.56 Å². The minimum absolute atomic E-state index is 0.121. The zero-order chi connectivity index (χ0) is 18.4. The number of hydrogen-bond acceptors (Lipinski definition) is 4. The third-order valence-electron chi connectivity index (χ3n) is 4.25. The molecule has 1 atom stereocenters. The molecule has 6 heteroatoms. The molecule has 1 unspecified atom stereocenters. The van der Waals surface area contributed by atoms with E-state index in [9.17, 15) is 9.59 Å². The number of carboxylic acids is 1. The topological polar surface area (TPSA) is 76.1 Å². The summed E-state index contributed by atoms with van der Waals surface area (Å²) in [5.74, 6) is -0.452. The van der Waals surface area contributed by atoms with Crippen molar-refractivity contribution in [3.63, 3.8) is 0 Å². The summed E-state index contributed by atoms with van der Waals surface area (Å²) >= 11 is 0. The summed E-state index contributed by atoms with van der Waals surface area (Å²) in [5.41, 5.74) is 1.58. The lowest BCUT2D eigenvalue weighted by molar-refractivity contribution is -0.139. The lowest BCUT2D eigenvalue weighted by Crippen LogP contribution is -2.49. The van der Waals surface area contributed by atoms with E-state index in [2.05, 4.69) is 0 Å². The summed E-state index contributed by atoms with van der Waals surface area (Å²) in [6.07, 6.45) is -0.121. The fraction of sp³-hybridized carbons (Fsp3) is 0.300. The smallest absolute Gasteiger partial charge is 0.305 e. The van der Waals surface area contributed by atoms with Crippen LogP contribution in [0.15, 0.2) is 54.6 Å². The van der Waals surface area contributed by atoms with Gasteiger partial charge in [0.1, 0.15) is 12.4 Å². The van der Waals surface area contributed by atoms with Gasteiger partial charge in [0.15, 0.2) is 0 Å². The van der Waals surface area contributed by atoms with Gasteiger partial charge in [-0.1, -0.05) is 30.3 Å². The fourth-order valence-electron chi connectivity index (χ4n) is 2.89. The first-order chi connectivity index (χ1) is 12.6. The van der Waals surface area contributed by atoms with Crippen LogP contribution >= 0.6 is 0 Å². The number of hydrogen-bond donors (Lipinski definition) is 1. The molecule has 1 fully saturated rings. The largest absolute Gasteiger partial charge is 0.489 e. The summed E-state index contributed by atoms with van der Waals surface area (Å²) in [7, 11) is 0. The van der Waals surface area contributed by atoms with E-state index in [1.54, 1.807) is 29.2 Å². The molecule has 26 heavy (non-hydrogen) atoms. The van der Waals surface area contributed by atoms with Gasteiger partial charge in [-0.25, -0.2) is 0 Å². The van der Waals surface area contributed by atoms with Crippen LogP contribution in [0.5, 0.6) is 5.75 Å². The van der Waals surface area contributed by atoms with Crippen molar-refractivity contribution in [1.29, 1.82) is 0 Å². The number of ether oxygens (including phenoxy) is 2. The van der Waals surface area contributed by atoms with Gasteiger partial charge in [0.25, 0.3) is 5.91 Å². The Labute approximate surface area is 152 Å². The third kappa shape index (κ3) is 4.61. The van der Waals surface area contributed by atoms with Gasteiger partial charge in [-0.2, -0.15) is 0 Å². The Morgan fingerprint density at radius 3 is 2.54 bits per heavy atom. The second-order valence-electron chi connectivity index (χ2n) is 6.12. The van der Waals surface area contributed by atoms with E-state index < -0.39 is 12.0 Å². The van der Waals surface area contributed by atoms with E-state index in [1.807, 2.05) is 30.3 Å². The van der Waals surface area contributed by atoms with E-state index in [4.69, 9.17) is 14.6 Å². The van der Waals surface area contributed by atoms with Gasteiger partial charge >= 0.3 is 5.97 Å². The summed E-state index contributed by atoms with van der Waals surface area (Å²) in [4.78, 5) is 25.3. The standard InChI is InChI=1S/C20H21NO5/c22-19(23)12-17-14-25-11-10-21(17)20(24)16-6-8-18(9-7-16)26-13-15-4-2-1-3-5-15/h1-9,17H,10-14H2,(H,22,23). The fourth-order valence-corrected chi connectivity index (χ4v) is 2.89. The van der Waals surface area contributed by atoms with Gasteiger partial charge in [0, 0.05) is 12.1 Å². The van der Waals surface area contributed by atoms with Crippen molar-refractivity contribution < 1.29 is 24.2 Å². The molecule has 1 aliphatic heterocycles. The van der Waals surface area contributed by atoms with Crippen LogP contribution in [0.2, 0.25) is 0 Å². The van der Waals surface area contributed by atoms with Gasteiger partial charge in [-0.15, -0.1) is 0 Å².